The molecule has 3 aliphatic rings. The quantitative estimate of drug-likeness (QED) is 0.624. The third-order valence-corrected chi connectivity index (χ3v) is 7.89. The van der Waals surface area contributed by atoms with Crippen LogP contribution in [0.25, 0.3) is 22.5 Å². The molecule has 1 N–H and O–H groups in total. The highest BCUT2D eigenvalue weighted by Gasteiger charge is 2.55. The van der Waals surface area contributed by atoms with E-state index in [4.69, 9.17) is 9.47 Å². The number of rotatable bonds is 5. The van der Waals surface area contributed by atoms with Crippen molar-refractivity contribution >= 4 is 5.91 Å². The van der Waals surface area contributed by atoms with Crippen LogP contribution in [-0.4, -0.2) is 64.3 Å². The number of carbonyl (C=O) groups is 1. The van der Waals surface area contributed by atoms with Crippen molar-refractivity contribution in [1.29, 1.82) is 0 Å². The van der Waals surface area contributed by atoms with Gasteiger partial charge < -0.3 is 14.4 Å². The second kappa shape index (κ2) is 8.51. The van der Waals surface area contributed by atoms with Gasteiger partial charge in [-0.05, 0) is 71.9 Å². The zero-order chi connectivity index (χ0) is 23.1. The molecule has 2 atom stereocenters. The summed E-state index contributed by atoms with van der Waals surface area (Å²) >= 11 is 0. The van der Waals surface area contributed by atoms with Crippen molar-refractivity contribution in [2.75, 3.05) is 26.8 Å². The van der Waals surface area contributed by atoms with Crippen LogP contribution in [0.4, 0.5) is 0 Å². The molecule has 1 spiro atoms. The van der Waals surface area contributed by atoms with Crippen molar-refractivity contribution in [3.63, 3.8) is 0 Å². The molecular formula is C26H29N5O3. The maximum atomic E-state index is 12.7. The summed E-state index contributed by atoms with van der Waals surface area (Å²) in [4.78, 5) is 14.7. The summed E-state index contributed by atoms with van der Waals surface area (Å²) < 4.78 is 11.3. The highest BCUT2D eigenvalue weighted by Crippen LogP contribution is 2.65. The van der Waals surface area contributed by atoms with Gasteiger partial charge in [0, 0.05) is 30.8 Å². The fourth-order valence-electron chi connectivity index (χ4n) is 5.77. The number of methoxy groups -OCH3 is 1. The van der Waals surface area contributed by atoms with E-state index in [-0.39, 0.29) is 12.0 Å². The molecule has 2 aromatic carbocycles. The van der Waals surface area contributed by atoms with Crippen LogP contribution >= 0.6 is 0 Å². The predicted octanol–water partition coefficient (Wildman–Crippen LogP) is 3.82. The molecule has 1 aromatic heterocycles. The Labute approximate surface area is 198 Å². The minimum absolute atomic E-state index is 0.199. The monoisotopic (exact) mass is 459 g/mol. The molecule has 1 amide bonds. The van der Waals surface area contributed by atoms with E-state index < -0.39 is 0 Å². The van der Waals surface area contributed by atoms with E-state index in [9.17, 15) is 4.79 Å². The molecular weight excluding hydrogens is 430 g/mol. The number of likely N-dealkylation sites (tertiary alicyclic amines) is 1. The first-order chi connectivity index (χ1) is 16.7. The number of benzene rings is 2. The second-order valence-corrected chi connectivity index (χ2v) is 9.72. The van der Waals surface area contributed by atoms with Crippen molar-refractivity contribution in [1.82, 2.24) is 25.5 Å². The molecule has 34 heavy (non-hydrogen) atoms. The van der Waals surface area contributed by atoms with Gasteiger partial charge >= 0.3 is 0 Å². The third-order valence-electron chi connectivity index (χ3n) is 7.89. The Balaban J connectivity index is 1.13. The summed E-state index contributed by atoms with van der Waals surface area (Å²) in [5, 5.41) is 14.2. The van der Waals surface area contributed by atoms with Crippen LogP contribution in [0.1, 0.15) is 43.6 Å². The van der Waals surface area contributed by atoms with Gasteiger partial charge in [0.25, 0.3) is 5.91 Å². The van der Waals surface area contributed by atoms with E-state index in [1.807, 2.05) is 23.1 Å². The lowest BCUT2D eigenvalue weighted by Gasteiger charge is -2.34. The number of carbonyl (C=O) groups excluding carboxylic acids is 1. The van der Waals surface area contributed by atoms with Crippen LogP contribution < -0.4 is 4.74 Å². The zero-order valence-corrected chi connectivity index (χ0v) is 19.4. The van der Waals surface area contributed by atoms with Crippen molar-refractivity contribution in [2.24, 2.45) is 5.41 Å². The standard InChI is InChI=1S/C26H29N5O3/c1-33-23-15-19(24-27-29-30-28-24)8-9-20(23)17-4-6-18(7-5-17)21-16-26(21)10-12-31(13-11-26)25(32)22-3-2-14-34-22/h4-9,15,21-22H,2-3,10-14,16H2,1H3,(H,27,28,29,30)/t21-,22-/m1/s1. The number of amides is 1. The molecule has 176 valence electrons. The summed E-state index contributed by atoms with van der Waals surface area (Å²) in [5.41, 5.74) is 4.76. The van der Waals surface area contributed by atoms with E-state index in [1.54, 1.807) is 7.11 Å². The van der Waals surface area contributed by atoms with Gasteiger partial charge in [-0.15, -0.1) is 10.2 Å². The number of piperidine rings is 1. The number of nitrogens with one attached hydrogen (secondary N) is 1. The Morgan fingerprint density at radius 2 is 1.94 bits per heavy atom. The summed E-state index contributed by atoms with van der Waals surface area (Å²) in [6, 6.07) is 14.8. The van der Waals surface area contributed by atoms with Crippen LogP contribution in [0.3, 0.4) is 0 Å². The molecule has 3 heterocycles. The average Bonchev–Trinajstić information content (AvgIpc) is 3.31. The Morgan fingerprint density at radius 3 is 2.62 bits per heavy atom. The van der Waals surface area contributed by atoms with Gasteiger partial charge in [0.05, 0.1) is 7.11 Å². The lowest BCUT2D eigenvalue weighted by Crippen LogP contribution is -2.44. The maximum Gasteiger partial charge on any atom is 0.251 e. The van der Waals surface area contributed by atoms with Gasteiger partial charge in [-0.1, -0.05) is 30.3 Å². The Bertz CT molecular complexity index is 1160. The molecule has 8 heteroatoms. The number of H-pyrrole nitrogens is 1. The number of hydrogen-bond acceptors (Lipinski definition) is 6. The minimum Gasteiger partial charge on any atom is -0.496 e. The molecule has 0 radical (unpaired) electrons. The van der Waals surface area contributed by atoms with Crippen LogP contribution in [0.5, 0.6) is 5.75 Å². The highest BCUT2D eigenvalue weighted by atomic mass is 16.5. The van der Waals surface area contributed by atoms with Crippen molar-refractivity contribution in [2.45, 2.75) is 44.1 Å². The van der Waals surface area contributed by atoms with E-state index in [0.717, 1.165) is 67.8 Å². The normalized spacial score (nSPS) is 23.3. The van der Waals surface area contributed by atoms with Gasteiger partial charge in [-0.2, -0.15) is 5.21 Å². The molecule has 2 aliphatic heterocycles. The molecule has 3 fully saturated rings. The van der Waals surface area contributed by atoms with Gasteiger partial charge in [-0.25, -0.2) is 0 Å². The van der Waals surface area contributed by atoms with Crippen molar-refractivity contribution in [3.8, 4) is 28.3 Å². The van der Waals surface area contributed by atoms with Crippen LogP contribution in [0.15, 0.2) is 42.5 Å². The van der Waals surface area contributed by atoms with Gasteiger partial charge in [-0.3, -0.25) is 4.79 Å². The first-order valence-electron chi connectivity index (χ1n) is 12.1. The van der Waals surface area contributed by atoms with Crippen LogP contribution in [0, 0.1) is 5.41 Å². The molecule has 1 saturated carbocycles. The number of aromatic amines is 1. The van der Waals surface area contributed by atoms with Gasteiger partial charge in [0.1, 0.15) is 11.9 Å². The predicted molar refractivity (Wildman–Crippen MR) is 126 cm³/mol. The number of aromatic nitrogens is 4. The van der Waals surface area contributed by atoms with Gasteiger partial charge in [0.15, 0.2) is 0 Å². The fourth-order valence-corrected chi connectivity index (χ4v) is 5.77. The number of tetrazole rings is 1. The fraction of sp³-hybridized carbons (Fsp3) is 0.462. The van der Waals surface area contributed by atoms with Crippen LogP contribution in [-0.2, 0) is 9.53 Å². The molecule has 2 saturated heterocycles. The summed E-state index contributed by atoms with van der Waals surface area (Å²) in [5.74, 6) is 2.11. The van der Waals surface area contributed by atoms with Crippen molar-refractivity contribution < 1.29 is 14.3 Å². The lowest BCUT2D eigenvalue weighted by molar-refractivity contribution is -0.142. The third kappa shape index (κ3) is 3.76. The molecule has 8 nitrogen and oxygen atoms in total. The summed E-state index contributed by atoms with van der Waals surface area (Å²) in [7, 11) is 1.68. The minimum atomic E-state index is -0.199. The maximum absolute atomic E-state index is 12.7. The Kier molecular flexibility index (Phi) is 5.32. The van der Waals surface area contributed by atoms with E-state index in [0.29, 0.717) is 17.2 Å². The molecule has 6 rings (SSSR count). The molecule has 1 aliphatic carbocycles. The lowest BCUT2D eigenvalue weighted by atomic mass is 9.88. The summed E-state index contributed by atoms with van der Waals surface area (Å²) in [6.07, 6.45) is 5.07. The number of hydrogen-bond donors (Lipinski definition) is 1. The molecule has 0 unspecified atom stereocenters. The number of nitrogens with zero attached hydrogens (tertiary/aromatic N) is 4. The smallest absolute Gasteiger partial charge is 0.251 e. The zero-order valence-electron chi connectivity index (χ0n) is 19.4. The topological polar surface area (TPSA) is 93.2 Å². The first kappa shape index (κ1) is 21.3. The van der Waals surface area contributed by atoms with Crippen molar-refractivity contribution in [3.05, 3.63) is 48.0 Å². The first-order valence-corrected chi connectivity index (χ1v) is 12.1. The number of ether oxygens (including phenoxy) is 2. The van der Waals surface area contributed by atoms with Crippen LogP contribution in [0.2, 0.25) is 0 Å². The largest absolute Gasteiger partial charge is 0.496 e. The van der Waals surface area contributed by atoms with E-state index in [1.165, 1.54) is 12.0 Å². The SMILES string of the molecule is COc1cc(-c2nn[nH]n2)ccc1-c1ccc([C@H]2CC23CCN(C(=O)[C@H]2CCCO2)CC3)cc1. The van der Waals surface area contributed by atoms with E-state index in [2.05, 4.69) is 44.9 Å². The van der Waals surface area contributed by atoms with Gasteiger partial charge in [0.2, 0.25) is 5.82 Å². The Morgan fingerprint density at radius 1 is 1.15 bits per heavy atom. The average molecular weight is 460 g/mol. The molecule has 0 bridgehead atoms. The highest BCUT2D eigenvalue weighted by molar-refractivity contribution is 5.81. The summed E-state index contributed by atoms with van der Waals surface area (Å²) in [6.45, 7) is 2.44. The Hall–Kier alpha value is -3.26. The van der Waals surface area contributed by atoms with E-state index >= 15 is 0 Å². The molecule has 3 aromatic rings. The second-order valence-electron chi connectivity index (χ2n) is 9.72.